The van der Waals surface area contributed by atoms with Crippen LogP contribution in [0.1, 0.15) is 28.7 Å². The van der Waals surface area contributed by atoms with Gasteiger partial charge in [-0.05, 0) is 53.6 Å². The number of nitrogens with one attached hydrogen (secondary N) is 1. The maximum Gasteiger partial charge on any atom is 0.193 e. The first-order chi connectivity index (χ1) is 13.3. The van der Waals surface area contributed by atoms with Gasteiger partial charge in [-0.25, -0.2) is 4.99 Å². The first kappa shape index (κ1) is 21.1. The maximum atomic E-state index is 6.10. The summed E-state index contributed by atoms with van der Waals surface area (Å²) >= 11 is 0. The molecule has 0 atom stereocenters. The van der Waals surface area contributed by atoms with E-state index in [0.717, 1.165) is 45.0 Å². The Balaban J connectivity index is 0.00000225. The van der Waals surface area contributed by atoms with Crippen LogP contribution in [0.15, 0.2) is 47.5 Å². The number of fused-ring (bicyclic) bond motifs is 1. The van der Waals surface area contributed by atoms with Crippen molar-refractivity contribution in [2.24, 2.45) is 10.7 Å². The van der Waals surface area contributed by atoms with Crippen molar-refractivity contribution < 1.29 is 4.74 Å². The fraction of sp³-hybridized carbons (Fsp3) is 0.409. The Morgan fingerprint density at radius 1 is 1.04 bits per heavy atom. The van der Waals surface area contributed by atoms with Crippen LogP contribution in [-0.4, -0.2) is 37.2 Å². The molecular weight excluding hydrogens is 463 g/mol. The van der Waals surface area contributed by atoms with E-state index in [9.17, 15) is 0 Å². The van der Waals surface area contributed by atoms with Crippen molar-refractivity contribution in [2.45, 2.75) is 32.4 Å². The second kappa shape index (κ2) is 10.2. The Labute approximate surface area is 184 Å². The number of morpholine rings is 1. The van der Waals surface area contributed by atoms with Crippen molar-refractivity contribution in [1.29, 1.82) is 0 Å². The van der Waals surface area contributed by atoms with Crippen molar-refractivity contribution in [3.8, 4) is 0 Å². The molecule has 1 saturated heterocycles. The Kier molecular flexibility index (Phi) is 7.70. The molecule has 28 heavy (non-hydrogen) atoms. The van der Waals surface area contributed by atoms with Crippen LogP contribution < -0.4 is 11.1 Å². The smallest absolute Gasteiger partial charge is 0.193 e. The second-order valence-corrected chi connectivity index (χ2v) is 7.37. The fourth-order valence-electron chi connectivity index (χ4n) is 3.86. The predicted molar refractivity (Wildman–Crippen MR) is 125 cm³/mol. The topological polar surface area (TPSA) is 62.9 Å². The summed E-state index contributed by atoms with van der Waals surface area (Å²) in [5, 5.41) is 3.23. The summed E-state index contributed by atoms with van der Waals surface area (Å²) in [5.41, 5.74) is 12.5. The van der Waals surface area contributed by atoms with Gasteiger partial charge in [-0.1, -0.05) is 30.3 Å². The third kappa shape index (κ3) is 5.68. The molecule has 1 aliphatic carbocycles. The molecule has 0 spiro atoms. The van der Waals surface area contributed by atoms with E-state index in [1.165, 1.54) is 35.1 Å². The molecule has 2 aromatic rings. The number of aryl methyl sites for hydroxylation is 2. The van der Waals surface area contributed by atoms with Gasteiger partial charge in [0.15, 0.2) is 5.96 Å². The zero-order valence-electron chi connectivity index (χ0n) is 16.2. The highest BCUT2D eigenvalue weighted by atomic mass is 127. The summed E-state index contributed by atoms with van der Waals surface area (Å²) in [6.45, 7) is 5.20. The highest BCUT2D eigenvalue weighted by molar-refractivity contribution is 14.0. The minimum absolute atomic E-state index is 0. The van der Waals surface area contributed by atoms with Crippen LogP contribution in [0.5, 0.6) is 0 Å². The number of hydrogen-bond acceptors (Lipinski definition) is 3. The van der Waals surface area contributed by atoms with E-state index in [-0.39, 0.29) is 24.0 Å². The summed E-state index contributed by atoms with van der Waals surface area (Å²) in [4.78, 5) is 6.95. The van der Waals surface area contributed by atoms with Gasteiger partial charge in [0.2, 0.25) is 0 Å². The standard InChI is InChI=1S/C22H28N4O.HI/c23-22(25-21-8-7-19-5-2-6-20(19)14-21)24-15-17-3-1-4-18(13-17)16-26-9-11-27-12-10-26;/h1,3-4,7-8,13-14H,2,5-6,9-12,15-16H2,(H3,23,24,25);1H. The number of benzene rings is 2. The number of halogens is 1. The minimum Gasteiger partial charge on any atom is -0.379 e. The molecule has 1 aliphatic heterocycles. The molecule has 6 heteroatoms. The third-order valence-electron chi connectivity index (χ3n) is 5.30. The molecule has 0 unspecified atom stereocenters. The van der Waals surface area contributed by atoms with Crippen LogP contribution in [0.2, 0.25) is 0 Å². The van der Waals surface area contributed by atoms with E-state index in [4.69, 9.17) is 10.5 Å². The van der Waals surface area contributed by atoms with Gasteiger partial charge >= 0.3 is 0 Å². The van der Waals surface area contributed by atoms with Crippen molar-refractivity contribution in [3.05, 3.63) is 64.7 Å². The molecule has 0 aromatic heterocycles. The first-order valence-corrected chi connectivity index (χ1v) is 9.83. The summed E-state index contributed by atoms with van der Waals surface area (Å²) in [6, 6.07) is 15.1. The number of aliphatic imine (C=N–C) groups is 1. The molecule has 0 amide bonds. The average molecular weight is 492 g/mol. The Morgan fingerprint density at radius 3 is 2.68 bits per heavy atom. The van der Waals surface area contributed by atoms with Gasteiger partial charge in [-0.15, -0.1) is 24.0 Å². The Morgan fingerprint density at radius 2 is 1.82 bits per heavy atom. The van der Waals surface area contributed by atoms with E-state index in [0.29, 0.717) is 12.5 Å². The van der Waals surface area contributed by atoms with Gasteiger partial charge in [0.05, 0.1) is 19.8 Å². The zero-order chi connectivity index (χ0) is 18.5. The molecule has 4 rings (SSSR count). The summed E-state index contributed by atoms with van der Waals surface area (Å²) < 4.78 is 5.42. The lowest BCUT2D eigenvalue weighted by Gasteiger charge is -2.26. The van der Waals surface area contributed by atoms with Crippen LogP contribution in [0.3, 0.4) is 0 Å². The molecule has 2 aromatic carbocycles. The quantitative estimate of drug-likeness (QED) is 0.381. The van der Waals surface area contributed by atoms with E-state index < -0.39 is 0 Å². The highest BCUT2D eigenvalue weighted by Crippen LogP contribution is 2.24. The van der Waals surface area contributed by atoms with Gasteiger partial charge in [0.1, 0.15) is 0 Å². The molecule has 150 valence electrons. The lowest BCUT2D eigenvalue weighted by Crippen LogP contribution is -2.35. The number of hydrogen-bond donors (Lipinski definition) is 2. The van der Waals surface area contributed by atoms with Crippen LogP contribution in [0.4, 0.5) is 5.69 Å². The lowest BCUT2D eigenvalue weighted by molar-refractivity contribution is 0.0342. The van der Waals surface area contributed by atoms with Crippen LogP contribution in [0.25, 0.3) is 0 Å². The Bertz CT molecular complexity index is 818. The summed E-state index contributed by atoms with van der Waals surface area (Å²) in [6.07, 6.45) is 3.61. The number of nitrogens with zero attached hydrogens (tertiary/aromatic N) is 2. The molecule has 0 bridgehead atoms. The fourth-order valence-corrected chi connectivity index (χ4v) is 3.86. The molecular formula is C22H29IN4O. The minimum atomic E-state index is 0. The number of anilines is 1. The number of rotatable bonds is 5. The van der Waals surface area contributed by atoms with Gasteiger partial charge in [-0.3, -0.25) is 4.90 Å². The molecule has 5 nitrogen and oxygen atoms in total. The second-order valence-electron chi connectivity index (χ2n) is 7.37. The molecule has 2 aliphatic rings. The number of guanidine groups is 1. The molecule has 0 saturated carbocycles. The summed E-state index contributed by atoms with van der Waals surface area (Å²) in [5.74, 6) is 0.464. The van der Waals surface area contributed by atoms with Gasteiger partial charge in [0, 0.05) is 25.3 Å². The van der Waals surface area contributed by atoms with E-state index in [1.54, 1.807) is 0 Å². The first-order valence-electron chi connectivity index (χ1n) is 9.83. The van der Waals surface area contributed by atoms with Crippen molar-refractivity contribution in [3.63, 3.8) is 0 Å². The van der Waals surface area contributed by atoms with E-state index in [2.05, 4.69) is 57.7 Å². The van der Waals surface area contributed by atoms with Gasteiger partial charge in [-0.2, -0.15) is 0 Å². The third-order valence-corrected chi connectivity index (χ3v) is 5.30. The SMILES string of the molecule is I.NC(=NCc1cccc(CN2CCOCC2)c1)Nc1ccc2c(c1)CCC2. The predicted octanol–water partition coefficient (Wildman–Crippen LogP) is 3.55. The van der Waals surface area contributed by atoms with E-state index >= 15 is 0 Å². The van der Waals surface area contributed by atoms with E-state index in [1.807, 2.05) is 0 Å². The lowest BCUT2D eigenvalue weighted by atomic mass is 10.1. The molecule has 0 radical (unpaired) electrons. The van der Waals surface area contributed by atoms with Crippen LogP contribution in [-0.2, 0) is 30.7 Å². The molecule has 3 N–H and O–H groups in total. The Hall–Kier alpha value is -1.64. The molecule has 1 heterocycles. The van der Waals surface area contributed by atoms with Crippen molar-refractivity contribution in [2.75, 3.05) is 31.6 Å². The normalized spacial score (nSPS) is 17.1. The largest absolute Gasteiger partial charge is 0.379 e. The van der Waals surface area contributed by atoms with Crippen LogP contribution in [0, 0.1) is 0 Å². The highest BCUT2D eigenvalue weighted by Gasteiger charge is 2.12. The van der Waals surface area contributed by atoms with Crippen LogP contribution >= 0.6 is 24.0 Å². The monoisotopic (exact) mass is 492 g/mol. The van der Waals surface area contributed by atoms with Gasteiger partial charge in [0.25, 0.3) is 0 Å². The maximum absolute atomic E-state index is 6.10. The van der Waals surface area contributed by atoms with Gasteiger partial charge < -0.3 is 15.8 Å². The molecule has 1 fully saturated rings. The van der Waals surface area contributed by atoms with Crippen molar-refractivity contribution in [1.82, 2.24) is 4.90 Å². The zero-order valence-corrected chi connectivity index (χ0v) is 18.5. The summed E-state index contributed by atoms with van der Waals surface area (Å²) in [7, 11) is 0. The van der Waals surface area contributed by atoms with Crippen molar-refractivity contribution >= 4 is 35.6 Å². The average Bonchev–Trinajstić information content (AvgIpc) is 3.15. The number of ether oxygens (including phenoxy) is 1. The number of nitrogens with two attached hydrogens (primary N) is 1.